The van der Waals surface area contributed by atoms with Crippen LogP contribution in [0.3, 0.4) is 0 Å². The van der Waals surface area contributed by atoms with Crippen LogP contribution in [-0.2, 0) is 6.61 Å². The summed E-state index contributed by atoms with van der Waals surface area (Å²) < 4.78 is 18.2. The topological polar surface area (TPSA) is 61.3 Å². The van der Waals surface area contributed by atoms with Crippen molar-refractivity contribution in [1.82, 2.24) is 0 Å². The maximum atomic E-state index is 12.7. The van der Waals surface area contributed by atoms with Crippen LogP contribution in [0.2, 0.25) is 5.02 Å². The van der Waals surface area contributed by atoms with E-state index in [4.69, 9.17) is 27.8 Å². The Labute approximate surface area is 109 Å². The van der Waals surface area contributed by atoms with Gasteiger partial charge in [0, 0.05) is 6.07 Å². The number of halogens is 2. The number of hydrogen-bond donors (Lipinski definition) is 2. The molecule has 2 aromatic rings. The lowest BCUT2D eigenvalue weighted by Crippen LogP contribution is -1.99. The summed E-state index contributed by atoms with van der Waals surface area (Å²) in [5.74, 6) is 0.168. The fourth-order valence-corrected chi connectivity index (χ4v) is 1.66. The highest BCUT2D eigenvalue weighted by atomic mass is 35.5. The summed E-state index contributed by atoms with van der Waals surface area (Å²) in [4.78, 5) is 0. The van der Waals surface area contributed by atoms with Crippen LogP contribution in [0.1, 0.15) is 5.56 Å². The van der Waals surface area contributed by atoms with Gasteiger partial charge in [-0.3, -0.25) is 0 Å². The molecule has 0 bridgehead atoms. The molecule has 4 N–H and O–H groups in total. The van der Waals surface area contributed by atoms with Gasteiger partial charge in [-0.05, 0) is 23.8 Å². The molecule has 0 aliphatic heterocycles. The summed E-state index contributed by atoms with van der Waals surface area (Å²) in [6.07, 6.45) is 0. The molecule has 0 atom stereocenters. The zero-order valence-corrected chi connectivity index (χ0v) is 10.2. The van der Waals surface area contributed by atoms with E-state index in [0.29, 0.717) is 22.1 Å². The predicted molar refractivity (Wildman–Crippen MR) is 71.0 cm³/mol. The normalized spacial score (nSPS) is 10.3. The first kappa shape index (κ1) is 12.5. The molecule has 0 aliphatic rings. The number of nitrogens with two attached hydrogens (primary N) is 2. The van der Waals surface area contributed by atoms with E-state index < -0.39 is 0 Å². The molecule has 2 rings (SSSR count). The van der Waals surface area contributed by atoms with E-state index in [2.05, 4.69) is 0 Å². The molecular formula is C13H12ClFN2O. The molecule has 0 radical (unpaired) electrons. The Kier molecular flexibility index (Phi) is 3.58. The molecule has 0 aromatic heterocycles. The maximum Gasteiger partial charge on any atom is 0.140 e. The minimum Gasteiger partial charge on any atom is -0.487 e. The molecule has 0 amide bonds. The van der Waals surface area contributed by atoms with Crippen molar-refractivity contribution in [1.29, 1.82) is 0 Å². The van der Waals surface area contributed by atoms with Crippen LogP contribution in [0, 0.1) is 5.82 Å². The Morgan fingerprint density at radius 3 is 2.33 bits per heavy atom. The number of benzene rings is 2. The first-order valence-electron chi connectivity index (χ1n) is 5.28. The number of nitrogen functional groups attached to an aromatic ring is 2. The molecule has 0 unspecified atom stereocenters. The van der Waals surface area contributed by atoms with Crippen LogP contribution >= 0.6 is 11.6 Å². The fourth-order valence-electron chi connectivity index (χ4n) is 1.44. The monoisotopic (exact) mass is 266 g/mol. The second kappa shape index (κ2) is 5.14. The standard InChI is InChI=1S/C13H12ClFN2O/c14-10-5-11(16)12(17)6-13(10)18-7-8-1-3-9(15)4-2-8/h1-6H,7,16-17H2. The molecule has 18 heavy (non-hydrogen) atoms. The Balaban J connectivity index is 2.10. The first-order valence-corrected chi connectivity index (χ1v) is 5.66. The van der Waals surface area contributed by atoms with Crippen LogP contribution in [0.25, 0.3) is 0 Å². The van der Waals surface area contributed by atoms with Gasteiger partial charge in [-0.2, -0.15) is 0 Å². The molecule has 0 spiro atoms. The molecular weight excluding hydrogens is 255 g/mol. The highest BCUT2D eigenvalue weighted by Gasteiger charge is 2.06. The van der Waals surface area contributed by atoms with Crippen molar-refractivity contribution in [3.8, 4) is 5.75 Å². The zero-order chi connectivity index (χ0) is 13.1. The number of hydrogen-bond acceptors (Lipinski definition) is 3. The number of anilines is 2. The lowest BCUT2D eigenvalue weighted by atomic mass is 10.2. The quantitative estimate of drug-likeness (QED) is 0.839. The molecule has 2 aromatic carbocycles. The molecule has 0 aliphatic carbocycles. The summed E-state index contributed by atoms with van der Waals surface area (Å²) in [6.45, 7) is 0.281. The molecule has 94 valence electrons. The molecule has 0 fully saturated rings. The Morgan fingerprint density at radius 2 is 1.67 bits per heavy atom. The smallest absolute Gasteiger partial charge is 0.140 e. The Morgan fingerprint density at radius 1 is 1.06 bits per heavy atom. The average molecular weight is 267 g/mol. The molecule has 3 nitrogen and oxygen atoms in total. The SMILES string of the molecule is Nc1cc(Cl)c(OCc2ccc(F)cc2)cc1N. The van der Waals surface area contributed by atoms with Crippen molar-refractivity contribution in [2.75, 3.05) is 11.5 Å². The second-order valence-electron chi connectivity index (χ2n) is 3.83. The highest BCUT2D eigenvalue weighted by molar-refractivity contribution is 6.32. The van der Waals surface area contributed by atoms with Gasteiger partial charge in [-0.15, -0.1) is 0 Å². The third-order valence-electron chi connectivity index (χ3n) is 2.45. The molecule has 5 heteroatoms. The van der Waals surface area contributed by atoms with Gasteiger partial charge in [0.1, 0.15) is 18.2 Å². The van der Waals surface area contributed by atoms with Crippen LogP contribution < -0.4 is 16.2 Å². The van der Waals surface area contributed by atoms with Crippen molar-refractivity contribution in [3.05, 3.63) is 52.8 Å². The van der Waals surface area contributed by atoms with Crippen molar-refractivity contribution in [3.63, 3.8) is 0 Å². The van der Waals surface area contributed by atoms with Crippen LogP contribution in [-0.4, -0.2) is 0 Å². The van der Waals surface area contributed by atoms with Crippen molar-refractivity contribution >= 4 is 23.0 Å². The summed E-state index contributed by atoms with van der Waals surface area (Å²) in [6, 6.07) is 9.14. The zero-order valence-electron chi connectivity index (χ0n) is 9.49. The van der Waals surface area contributed by atoms with Crippen LogP contribution in [0.15, 0.2) is 36.4 Å². The summed E-state index contributed by atoms with van der Waals surface area (Å²) in [7, 11) is 0. The number of ether oxygens (including phenoxy) is 1. The summed E-state index contributed by atoms with van der Waals surface area (Å²) in [5, 5.41) is 0.392. The Hall–Kier alpha value is -1.94. The minimum atomic E-state index is -0.284. The Bertz CT molecular complexity index is 558. The van der Waals surface area contributed by atoms with E-state index in [1.807, 2.05) is 0 Å². The van der Waals surface area contributed by atoms with Crippen molar-refractivity contribution in [2.45, 2.75) is 6.61 Å². The van der Waals surface area contributed by atoms with Gasteiger partial charge in [-0.1, -0.05) is 23.7 Å². The fraction of sp³-hybridized carbons (Fsp3) is 0.0769. The lowest BCUT2D eigenvalue weighted by Gasteiger charge is -2.10. The predicted octanol–water partition coefficient (Wildman–Crippen LogP) is 3.22. The second-order valence-corrected chi connectivity index (χ2v) is 4.23. The van der Waals surface area contributed by atoms with Crippen molar-refractivity contribution in [2.24, 2.45) is 0 Å². The van der Waals surface area contributed by atoms with Crippen molar-refractivity contribution < 1.29 is 9.13 Å². The molecule has 0 saturated carbocycles. The minimum absolute atomic E-state index is 0.281. The third kappa shape index (κ3) is 2.84. The number of rotatable bonds is 3. The van der Waals surface area contributed by atoms with Gasteiger partial charge in [0.15, 0.2) is 0 Å². The summed E-state index contributed by atoms with van der Waals surface area (Å²) in [5.41, 5.74) is 12.9. The van der Waals surface area contributed by atoms with E-state index in [-0.39, 0.29) is 12.4 Å². The molecule has 0 saturated heterocycles. The van der Waals surface area contributed by atoms with Gasteiger partial charge in [-0.25, -0.2) is 4.39 Å². The van der Waals surface area contributed by atoms with E-state index in [0.717, 1.165) is 5.56 Å². The third-order valence-corrected chi connectivity index (χ3v) is 2.74. The van der Waals surface area contributed by atoms with E-state index in [1.54, 1.807) is 18.2 Å². The van der Waals surface area contributed by atoms with E-state index in [9.17, 15) is 4.39 Å². The maximum absolute atomic E-state index is 12.7. The van der Waals surface area contributed by atoms with Crippen LogP contribution in [0.4, 0.5) is 15.8 Å². The highest BCUT2D eigenvalue weighted by Crippen LogP contribution is 2.31. The van der Waals surface area contributed by atoms with Gasteiger partial charge in [0.05, 0.1) is 16.4 Å². The lowest BCUT2D eigenvalue weighted by molar-refractivity contribution is 0.306. The van der Waals surface area contributed by atoms with Gasteiger partial charge >= 0.3 is 0 Å². The largest absolute Gasteiger partial charge is 0.487 e. The summed E-state index contributed by atoms with van der Waals surface area (Å²) >= 11 is 5.97. The van der Waals surface area contributed by atoms with E-state index in [1.165, 1.54) is 18.2 Å². The first-order chi connectivity index (χ1) is 8.56. The van der Waals surface area contributed by atoms with Gasteiger partial charge < -0.3 is 16.2 Å². The van der Waals surface area contributed by atoms with Gasteiger partial charge in [0.25, 0.3) is 0 Å². The average Bonchev–Trinajstić information content (AvgIpc) is 2.34. The van der Waals surface area contributed by atoms with E-state index >= 15 is 0 Å². The van der Waals surface area contributed by atoms with Gasteiger partial charge in [0.2, 0.25) is 0 Å². The molecule has 0 heterocycles. The van der Waals surface area contributed by atoms with Crippen LogP contribution in [0.5, 0.6) is 5.75 Å².